The number of ether oxygens (including phenoxy) is 2. The Balaban J connectivity index is 1.49. The molecule has 1 aliphatic carbocycles. The largest absolute Gasteiger partial charge is 0.496 e. The quantitative estimate of drug-likeness (QED) is 0.173. The van der Waals surface area contributed by atoms with E-state index in [9.17, 15) is 22.8 Å². The van der Waals surface area contributed by atoms with Gasteiger partial charge in [-0.1, -0.05) is 31.2 Å². The van der Waals surface area contributed by atoms with Crippen LogP contribution in [0.3, 0.4) is 0 Å². The fourth-order valence-corrected chi connectivity index (χ4v) is 6.36. The molecular weight excluding hydrogens is 571 g/mol. The Morgan fingerprint density at radius 2 is 1.82 bits per heavy atom. The number of nitrogens with zero attached hydrogens (tertiary/aromatic N) is 3. The van der Waals surface area contributed by atoms with Crippen molar-refractivity contribution in [2.45, 2.75) is 83.0 Å². The molecule has 3 aliphatic rings. The summed E-state index contributed by atoms with van der Waals surface area (Å²) < 4.78 is 51.7. The van der Waals surface area contributed by atoms with Crippen molar-refractivity contribution < 1.29 is 32.2 Å². The van der Waals surface area contributed by atoms with Gasteiger partial charge in [0, 0.05) is 36.7 Å². The predicted octanol–water partition coefficient (Wildman–Crippen LogP) is 7.84. The molecule has 2 heterocycles. The third-order valence-corrected chi connectivity index (χ3v) is 9.33. The molecule has 2 aromatic rings. The van der Waals surface area contributed by atoms with Gasteiger partial charge in [-0.05, 0) is 81.2 Å². The monoisotopic (exact) mass is 611 g/mol. The average Bonchev–Trinajstić information content (AvgIpc) is 3.27. The van der Waals surface area contributed by atoms with Crippen molar-refractivity contribution in [3.63, 3.8) is 0 Å². The summed E-state index contributed by atoms with van der Waals surface area (Å²) in [7, 11) is 1.62. The molecule has 7 nitrogen and oxygen atoms in total. The summed E-state index contributed by atoms with van der Waals surface area (Å²) in [5.41, 5.74) is 2.21. The van der Waals surface area contributed by atoms with Gasteiger partial charge in [-0.2, -0.15) is 13.2 Å². The van der Waals surface area contributed by atoms with Gasteiger partial charge >= 0.3 is 12.3 Å². The minimum atomic E-state index is -4.51. The maximum Gasteiger partial charge on any atom is 0.416 e. The van der Waals surface area contributed by atoms with Gasteiger partial charge in [0.1, 0.15) is 24.0 Å². The van der Waals surface area contributed by atoms with E-state index in [4.69, 9.17) is 14.5 Å². The number of amides is 1. The molecule has 0 aromatic heterocycles. The van der Waals surface area contributed by atoms with Gasteiger partial charge in [-0.25, -0.2) is 9.79 Å². The topological polar surface area (TPSA) is 71.4 Å². The van der Waals surface area contributed by atoms with Crippen molar-refractivity contribution in [1.82, 2.24) is 9.80 Å². The number of likely N-dealkylation sites (tertiary alicyclic amines) is 1. The Morgan fingerprint density at radius 1 is 1.09 bits per heavy atom. The lowest BCUT2D eigenvalue weighted by Gasteiger charge is -2.33. The van der Waals surface area contributed by atoms with Crippen LogP contribution in [0.15, 0.2) is 59.4 Å². The maximum atomic E-state index is 13.4. The lowest BCUT2D eigenvalue weighted by Crippen LogP contribution is -2.40. The second-order valence-electron chi connectivity index (χ2n) is 12.1. The van der Waals surface area contributed by atoms with Crippen molar-refractivity contribution >= 4 is 18.2 Å². The molecular formula is C34H40F3N3O4. The summed E-state index contributed by atoms with van der Waals surface area (Å²) in [5, 5.41) is 0. The summed E-state index contributed by atoms with van der Waals surface area (Å²) in [6.45, 7) is 7.52. The van der Waals surface area contributed by atoms with Gasteiger partial charge in [0.15, 0.2) is 0 Å². The first kappa shape index (κ1) is 31.6. The van der Waals surface area contributed by atoms with E-state index in [0.717, 1.165) is 75.0 Å². The van der Waals surface area contributed by atoms with Crippen LogP contribution in [0.25, 0.3) is 0 Å². The third-order valence-electron chi connectivity index (χ3n) is 9.33. The zero-order chi connectivity index (χ0) is 31.6. The number of halogens is 3. The van der Waals surface area contributed by atoms with Crippen LogP contribution in [0.1, 0.15) is 93.1 Å². The van der Waals surface area contributed by atoms with Crippen LogP contribution in [0.2, 0.25) is 0 Å². The molecule has 44 heavy (non-hydrogen) atoms. The highest BCUT2D eigenvalue weighted by atomic mass is 19.4. The molecule has 2 aromatic carbocycles. The maximum absolute atomic E-state index is 13.4. The van der Waals surface area contributed by atoms with Crippen LogP contribution in [0.4, 0.5) is 18.0 Å². The van der Waals surface area contributed by atoms with Crippen LogP contribution in [0, 0.1) is 5.92 Å². The molecule has 1 amide bonds. The van der Waals surface area contributed by atoms with Gasteiger partial charge in [-0.15, -0.1) is 0 Å². The van der Waals surface area contributed by atoms with E-state index in [-0.39, 0.29) is 17.4 Å². The zero-order valence-corrected chi connectivity index (χ0v) is 25.6. The number of cyclic esters (lactones) is 1. The number of carbonyl (C=O) groups excluding carboxylic acids is 2. The molecule has 0 bridgehead atoms. The van der Waals surface area contributed by atoms with Gasteiger partial charge in [0.2, 0.25) is 0 Å². The van der Waals surface area contributed by atoms with E-state index in [1.807, 2.05) is 19.9 Å². The molecule has 0 spiro atoms. The zero-order valence-electron chi connectivity index (χ0n) is 25.6. The van der Waals surface area contributed by atoms with E-state index in [1.54, 1.807) is 26.3 Å². The lowest BCUT2D eigenvalue weighted by atomic mass is 9.78. The Hall–Kier alpha value is -3.82. The molecule has 0 radical (unpaired) electrons. The second-order valence-corrected chi connectivity index (χ2v) is 12.1. The summed E-state index contributed by atoms with van der Waals surface area (Å²) in [6, 6.07) is 10.5. The molecule has 3 atom stereocenters. The number of hydrogen-bond acceptors (Lipinski definition) is 5. The summed E-state index contributed by atoms with van der Waals surface area (Å²) >= 11 is 0. The molecule has 236 valence electrons. The number of benzene rings is 2. The first-order valence-corrected chi connectivity index (χ1v) is 15.3. The Bertz CT molecular complexity index is 1430. The SMILES string of the molecule is COc1ccc(C2CCC(C=O)CC2)cc1C(C)/C(=C/N1C(=O)OC(c2cccc(C(F)(F)F)c2)C1C)N=C(C)N1CCC1. The minimum Gasteiger partial charge on any atom is -0.496 e. The van der Waals surface area contributed by atoms with E-state index in [1.165, 1.54) is 16.5 Å². The highest BCUT2D eigenvalue weighted by Crippen LogP contribution is 2.41. The fraction of sp³-hybridized carbons (Fsp3) is 0.500. The molecule has 2 aliphatic heterocycles. The van der Waals surface area contributed by atoms with Crippen molar-refractivity contribution in [1.29, 1.82) is 0 Å². The van der Waals surface area contributed by atoms with E-state index in [0.29, 0.717) is 17.4 Å². The van der Waals surface area contributed by atoms with Crippen LogP contribution in [0.5, 0.6) is 5.75 Å². The van der Waals surface area contributed by atoms with Crippen molar-refractivity contribution in [3.8, 4) is 5.75 Å². The molecule has 2 saturated heterocycles. The number of amidine groups is 1. The van der Waals surface area contributed by atoms with Crippen molar-refractivity contribution in [3.05, 3.63) is 76.6 Å². The average molecular weight is 612 g/mol. The fourth-order valence-electron chi connectivity index (χ4n) is 6.36. The first-order valence-electron chi connectivity index (χ1n) is 15.3. The number of hydrogen-bond donors (Lipinski definition) is 0. The molecule has 3 unspecified atom stereocenters. The van der Waals surface area contributed by atoms with Crippen molar-refractivity contribution in [2.24, 2.45) is 10.9 Å². The van der Waals surface area contributed by atoms with Gasteiger partial charge in [0.25, 0.3) is 0 Å². The van der Waals surface area contributed by atoms with E-state index in [2.05, 4.69) is 17.0 Å². The Labute approximate surface area is 256 Å². The minimum absolute atomic E-state index is 0.123. The van der Waals surface area contributed by atoms with E-state index >= 15 is 0 Å². The van der Waals surface area contributed by atoms with Crippen LogP contribution in [-0.4, -0.2) is 54.3 Å². The molecule has 0 N–H and O–H groups in total. The normalized spacial score (nSPS) is 25.4. The number of alkyl halides is 3. The third kappa shape index (κ3) is 6.64. The van der Waals surface area contributed by atoms with Crippen LogP contribution >= 0.6 is 0 Å². The Morgan fingerprint density at radius 3 is 2.43 bits per heavy atom. The highest BCUT2D eigenvalue weighted by Gasteiger charge is 2.41. The lowest BCUT2D eigenvalue weighted by molar-refractivity contribution is -0.137. The number of aldehydes is 1. The predicted molar refractivity (Wildman–Crippen MR) is 162 cm³/mol. The van der Waals surface area contributed by atoms with E-state index < -0.39 is 30.0 Å². The number of aliphatic imine (C=N–C) groups is 1. The summed E-state index contributed by atoms with van der Waals surface area (Å²) in [4.78, 5) is 33.1. The first-order chi connectivity index (χ1) is 21.0. The molecule has 5 rings (SSSR count). The van der Waals surface area contributed by atoms with Gasteiger partial charge < -0.3 is 19.2 Å². The van der Waals surface area contributed by atoms with Crippen LogP contribution < -0.4 is 4.74 Å². The molecule has 3 fully saturated rings. The smallest absolute Gasteiger partial charge is 0.416 e. The second kappa shape index (κ2) is 13.0. The summed E-state index contributed by atoms with van der Waals surface area (Å²) in [6.07, 6.45) is 1.41. The summed E-state index contributed by atoms with van der Waals surface area (Å²) in [5.74, 6) is 1.69. The van der Waals surface area contributed by atoms with Gasteiger partial charge in [-0.3, -0.25) is 4.90 Å². The van der Waals surface area contributed by atoms with Crippen LogP contribution in [-0.2, 0) is 15.7 Å². The standard InChI is InChI=1S/C34H40F3N3O4/c1-21(29-18-26(13-14-31(29)43-4)25-11-9-24(20-41)10-12-25)30(38-23(3)39-15-6-16-39)19-40-22(2)32(44-33(40)42)27-7-5-8-28(17-27)34(35,36)37/h5,7-8,13-14,17-22,24-25,32H,6,9-12,15-16H2,1-4H3/b30-19-,38-23?. The number of rotatable bonds is 8. The molecule has 1 saturated carbocycles. The molecule has 10 heteroatoms. The van der Waals surface area contributed by atoms with Gasteiger partial charge in [0.05, 0.1) is 24.4 Å². The number of allylic oxidation sites excluding steroid dienone is 1. The Kier molecular flexibility index (Phi) is 9.37. The number of methoxy groups -OCH3 is 1. The number of carbonyl (C=O) groups is 2. The highest BCUT2D eigenvalue weighted by molar-refractivity contribution is 5.81. The van der Waals surface area contributed by atoms with Crippen molar-refractivity contribution in [2.75, 3.05) is 20.2 Å².